The molecule has 0 bridgehead atoms. The van der Waals surface area contributed by atoms with Crippen LogP contribution in [0.15, 0.2) is 69.3 Å². The largest absolute Gasteiger partial charge is 0.439 e. The summed E-state index contributed by atoms with van der Waals surface area (Å²) in [5.41, 5.74) is 2.38. The molecule has 4 N–H and O–H groups in total. The molecular formula is C24H16N6O4S. The predicted molar refractivity (Wildman–Crippen MR) is 130 cm³/mol. The first-order valence-electron chi connectivity index (χ1n) is 10.4. The summed E-state index contributed by atoms with van der Waals surface area (Å²) in [5.74, 6) is -1.31. The van der Waals surface area contributed by atoms with Crippen LogP contribution in [0, 0.1) is 11.3 Å². The number of hydrogen-bond acceptors (Lipinski definition) is 7. The number of thiophene rings is 1. The van der Waals surface area contributed by atoms with E-state index in [2.05, 4.69) is 30.3 Å². The number of aromatic amines is 2. The van der Waals surface area contributed by atoms with Crippen molar-refractivity contribution in [3.05, 3.63) is 86.7 Å². The van der Waals surface area contributed by atoms with Crippen molar-refractivity contribution < 1.29 is 14.1 Å². The molecule has 172 valence electrons. The van der Waals surface area contributed by atoms with Crippen LogP contribution in [0.2, 0.25) is 0 Å². The van der Waals surface area contributed by atoms with Crippen LogP contribution in [0.1, 0.15) is 20.9 Å². The van der Waals surface area contributed by atoms with E-state index in [1.54, 1.807) is 18.2 Å². The number of fused-ring (bicyclic) bond motifs is 1. The van der Waals surface area contributed by atoms with Crippen LogP contribution in [0.5, 0.6) is 0 Å². The van der Waals surface area contributed by atoms with Gasteiger partial charge in [0.1, 0.15) is 5.69 Å². The third-order valence-corrected chi connectivity index (χ3v) is 6.06. The minimum atomic E-state index is -0.760. The molecule has 0 radical (unpaired) electrons. The lowest BCUT2D eigenvalue weighted by Gasteiger charge is -2.09. The van der Waals surface area contributed by atoms with Gasteiger partial charge in [0.15, 0.2) is 5.82 Å². The van der Waals surface area contributed by atoms with Crippen molar-refractivity contribution in [3.63, 3.8) is 0 Å². The first-order chi connectivity index (χ1) is 17.0. The first kappa shape index (κ1) is 21.9. The summed E-state index contributed by atoms with van der Waals surface area (Å²) in [6.45, 7) is 0. The Morgan fingerprint density at radius 3 is 2.69 bits per heavy atom. The monoisotopic (exact) mass is 484 g/mol. The van der Waals surface area contributed by atoms with Crippen molar-refractivity contribution in [1.29, 1.82) is 5.26 Å². The van der Waals surface area contributed by atoms with Gasteiger partial charge in [-0.3, -0.25) is 19.1 Å². The number of aromatic nitrogens is 3. The molecule has 3 heterocycles. The molecular weight excluding hydrogens is 468 g/mol. The van der Waals surface area contributed by atoms with Crippen molar-refractivity contribution in [2.24, 2.45) is 0 Å². The Labute approximate surface area is 201 Å². The quantitative estimate of drug-likeness (QED) is 0.286. The van der Waals surface area contributed by atoms with Gasteiger partial charge in [0.05, 0.1) is 34.9 Å². The summed E-state index contributed by atoms with van der Waals surface area (Å²) >= 11 is 1.51. The van der Waals surface area contributed by atoms with Gasteiger partial charge in [-0.25, -0.2) is 4.79 Å². The number of amides is 2. The van der Waals surface area contributed by atoms with E-state index in [9.17, 15) is 19.6 Å². The van der Waals surface area contributed by atoms with Crippen molar-refractivity contribution in [2.45, 2.75) is 6.42 Å². The molecule has 0 unspecified atom stereocenters. The summed E-state index contributed by atoms with van der Waals surface area (Å²) in [6, 6.07) is 17.4. The van der Waals surface area contributed by atoms with E-state index in [-0.39, 0.29) is 23.8 Å². The predicted octanol–water partition coefficient (Wildman–Crippen LogP) is 3.88. The zero-order chi connectivity index (χ0) is 24.4. The molecule has 5 aromatic rings. The molecule has 0 fully saturated rings. The average Bonchev–Trinajstić information content (AvgIpc) is 3.60. The molecule has 5 rings (SSSR count). The second-order valence-corrected chi connectivity index (χ2v) is 8.56. The maximum Gasteiger partial charge on any atom is 0.439 e. The van der Waals surface area contributed by atoms with E-state index in [4.69, 9.17) is 0 Å². The van der Waals surface area contributed by atoms with Crippen LogP contribution in [-0.2, 0) is 11.2 Å². The third-order valence-electron chi connectivity index (χ3n) is 5.18. The van der Waals surface area contributed by atoms with Gasteiger partial charge in [0.2, 0.25) is 5.91 Å². The Balaban J connectivity index is 1.41. The maximum atomic E-state index is 13.1. The van der Waals surface area contributed by atoms with Crippen molar-refractivity contribution >= 4 is 45.4 Å². The van der Waals surface area contributed by atoms with Crippen LogP contribution in [0.4, 0.5) is 11.4 Å². The number of benzene rings is 2. The molecule has 10 nitrogen and oxygen atoms in total. The second kappa shape index (κ2) is 9.12. The summed E-state index contributed by atoms with van der Waals surface area (Å²) in [5, 5.41) is 21.2. The van der Waals surface area contributed by atoms with Crippen molar-refractivity contribution in [1.82, 2.24) is 15.1 Å². The zero-order valence-electron chi connectivity index (χ0n) is 17.9. The Morgan fingerprint density at radius 2 is 1.94 bits per heavy atom. The van der Waals surface area contributed by atoms with Crippen molar-refractivity contribution in [3.8, 4) is 17.5 Å². The minimum Gasteiger partial charge on any atom is -0.349 e. The van der Waals surface area contributed by atoms with E-state index in [1.807, 2.05) is 29.6 Å². The number of H-pyrrole nitrogens is 2. The maximum absolute atomic E-state index is 13.1. The van der Waals surface area contributed by atoms with E-state index in [0.29, 0.717) is 28.0 Å². The van der Waals surface area contributed by atoms with E-state index >= 15 is 0 Å². The van der Waals surface area contributed by atoms with E-state index in [1.165, 1.54) is 29.5 Å². The fourth-order valence-electron chi connectivity index (χ4n) is 3.60. The second-order valence-electron chi connectivity index (χ2n) is 7.53. The topological polar surface area (TPSA) is 157 Å². The number of hydrogen-bond donors (Lipinski definition) is 4. The van der Waals surface area contributed by atoms with Gasteiger partial charge in [0.25, 0.3) is 5.91 Å². The number of anilines is 2. The number of rotatable bonds is 6. The molecule has 0 aliphatic rings. The van der Waals surface area contributed by atoms with Gasteiger partial charge < -0.3 is 15.6 Å². The number of nitrogens with zero attached hydrogens (tertiary/aromatic N) is 2. The summed E-state index contributed by atoms with van der Waals surface area (Å²) in [6.07, 6.45) is 0.258. The van der Waals surface area contributed by atoms with Gasteiger partial charge in [0, 0.05) is 15.8 Å². The standard InChI is InChI=1S/C24H16N6O4S/c25-12-13-6-7-17(16(9-13)22-29-24(33)34-30-22)28-23(32)19-10-14-3-1-5-18(21(14)27-19)26-20(31)11-15-4-2-8-35-15/h1-10,27H,11H2,(H,26,31)(H,28,32)(H,29,30,33). The van der Waals surface area contributed by atoms with Gasteiger partial charge >= 0.3 is 5.76 Å². The molecule has 0 aliphatic carbocycles. The number of para-hydroxylation sites is 1. The normalized spacial score (nSPS) is 10.7. The molecule has 2 amide bonds. The smallest absolute Gasteiger partial charge is 0.349 e. The highest BCUT2D eigenvalue weighted by molar-refractivity contribution is 7.10. The Morgan fingerprint density at radius 1 is 1.06 bits per heavy atom. The molecule has 0 spiro atoms. The van der Waals surface area contributed by atoms with Gasteiger partial charge in [-0.1, -0.05) is 23.4 Å². The van der Waals surface area contributed by atoms with E-state index < -0.39 is 11.7 Å². The zero-order valence-corrected chi connectivity index (χ0v) is 18.7. The lowest BCUT2D eigenvalue weighted by molar-refractivity contribution is -0.115. The fourth-order valence-corrected chi connectivity index (χ4v) is 4.31. The Bertz CT molecular complexity index is 1660. The Hall–Kier alpha value is -4.95. The molecule has 3 aromatic heterocycles. The molecule has 0 saturated carbocycles. The molecule has 0 aliphatic heterocycles. The van der Waals surface area contributed by atoms with Gasteiger partial charge in [-0.15, -0.1) is 11.3 Å². The highest BCUT2D eigenvalue weighted by atomic mass is 32.1. The number of carbonyl (C=O) groups is 2. The fraction of sp³-hybridized carbons (Fsp3) is 0.0417. The molecule has 35 heavy (non-hydrogen) atoms. The molecule has 0 saturated heterocycles. The van der Waals surface area contributed by atoms with Gasteiger partial charge in [-0.2, -0.15) is 5.26 Å². The summed E-state index contributed by atoms with van der Waals surface area (Å²) in [4.78, 5) is 43.4. The van der Waals surface area contributed by atoms with Crippen molar-refractivity contribution in [2.75, 3.05) is 10.6 Å². The lowest BCUT2D eigenvalue weighted by Crippen LogP contribution is -2.14. The van der Waals surface area contributed by atoms with Gasteiger partial charge in [-0.05, 0) is 41.8 Å². The number of nitrogens with one attached hydrogen (secondary N) is 4. The van der Waals surface area contributed by atoms with Crippen LogP contribution >= 0.6 is 11.3 Å². The molecule has 11 heteroatoms. The van der Waals surface area contributed by atoms with E-state index in [0.717, 1.165) is 10.3 Å². The highest BCUT2D eigenvalue weighted by Crippen LogP contribution is 2.28. The highest BCUT2D eigenvalue weighted by Gasteiger charge is 2.17. The van der Waals surface area contributed by atoms with Crippen LogP contribution in [-0.4, -0.2) is 26.9 Å². The first-order valence-corrected chi connectivity index (χ1v) is 11.2. The number of carbonyl (C=O) groups excluding carboxylic acids is 2. The minimum absolute atomic E-state index is 0.0785. The SMILES string of the molecule is N#Cc1ccc(NC(=O)c2cc3cccc(NC(=O)Cc4cccs4)c3[nH]2)c(-c2noc(=O)[nH]2)c1. The third kappa shape index (κ3) is 4.59. The van der Waals surface area contributed by atoms with Crippen LogP contribution in [0.25, 0.3) is 22.3 Å². The summed E-state index contributed by atoms with van der Waals surface area (Å²) < 4.78 is 4.56. The summed E-state index contributed by atoms with van der Waals surface area (Å²) in [7, 11) is 0. The lowest BCUT2D eigenvalue weighted by atomic mass is 10.1. The van der Waals surface area contributed by atoms with Crippen LogP contribution < -0.4 is 16.4 Å². The van der Waals surface area contributed by atoms with Crippen LogP contribution in [0.3, 0.4) is 0 Å². The average molecular weight is 484 g/mol. The Kier molecular flexibility index (Phi) is 5.70. The molecule has 0 atom stereocenters. The number of nitriles is 1. The molecule has 2 aromatic carbocycles.